The quantitative estimate of drug-likeness (QED) is 0.921. The van der Waals surface area contributed by atoms with E-state index in [9.17, 15) is 4.39 Å². The molecule has 1 heterocycles. The maximum absolute atomic E-state index is 13.8. The van der Waals surface area contributed by atoms with E-state index in [2.05, 4.69) is 9.80 Å². The molecule has 1 aromatic carbocycles. The first-order valence-electron chi connectivity index (χ1n) is 7.61. The van der Waals surface area contributed by atoms with Crippen LogP contribution in [0, 0.1) is 12.7 Å². The smallest absolute Gasteiger partial charge is 0.126 e. The molecule has 0 unspecified atom stereocenters. The van der Waals surface area contributed by atoms with E-state index in [1.165, 1.54) is 12.8 Å². The van der Waals surface area contributed by atoms with Crippen LogP contribution in [0.3, 0.4) is 0 Å². The zero-order valence-corrected chi connectivity index (χ0v) is 12.4. The van der Waals surface area contributed by atoms with Gasteiger partial charge in [0, 0.05) is 44.0 Å². The van der Waals surface area contributed by atoms with Crippen LogP contribution in [0.2, 0.25) is 0 Å². The Morgan fingerprint density at radius 2 is 1.85 bits per heavy atom. The number of halogens is 1. The van der Waals surface area contributed by atoms with Crippen molar-refractivity contribution in [3.63, 3.8) is 0 Å². The van der Waals surface area contributed by atoms with Gasteiger partial charge in [-0.3, -0.25) is 4.90 Å². The molecular formula is C16H24FN3. The molecule has 0 radical (unpaired) electrons. The van der Waals surface area contributed by atoms with Crippen LogP contribution in [0.25, 0.3) is 0 Å². The molecule has 1 aliphatic carbocycles. The Balaban J connectivity index is 1.80. The minimum atomic E-state index is -0.155. The maximum Gasteiger partial charge on any atom is 0.126 e. The Bertz CT molecular complexity index is 489. The molecule has 0 aromatic heterocycles. The molecule has 1 saturated carbocycles. The minimum Gasteiger partial charge on any atom is -0.369 e. The minimum absolute atomic E-state index is 0.137. The average molecular weight is 277 g/mol. The molecule has 20 heavy (non-hydrogen) atoms. The van der Waals surface area contributed by atoms with E-state index >= 15 is 0 Å². The molecule has 1 aliphatic heterocycles. The van der Waals surface area contributed by atoms with Gasteiger partial charge in [-0.2, -0.15) is 0 Å². The highest BCUT2D eigenvalue weighted by molar-refractivity contribution is 5.57. The lowest BCUT2D eigenvalue weighted by Gasteiger charge is -2.37. The molecule has 110 valence electrons. The van der Waals surface area contributed by atoms with Crippen LogP contribution in [-0.2, 0) is 0 Å². The fraction of sp³-hybridized carbons (Fsp3) is 0.625. The van der Waals surface area contributed by atoms with Gasteiger partial charge in [0.15, 0.2) is 0 Å². The first-order valence-corrected chi connectivity index (χ1v) is 7.61. The van der Waals surface area contributed by atoms with E-state index in [-0.39, 0.29) is 11.9 Å². The van der Waals surface area contributed by atoms with Crippen molar-refractivity contribution in [2.24, 2.45) is 5.73 Å². The third-order valence-electron chi connectivity index (χ3n) is 4.52. The molecule has 0 spiro atoms. The molecule has 0 bridgehead atoms. The Labute approximate surface area is 120 Å². The number of nitrogens with zero attached hydrogens (tertiary/aromatic N) is 2. The van der Waals surface area contributed by atoms with Crippen molar-refractivity contribution in [3.8, 4) is 0 Å². The SMILES string of the molecule is Cc1cc(N2CCN(C3CC3)CC2)c([C@@H](C)N)cc1F. The van der Waals surface area contributed by atoms with E-state index in [1.807, 2.05) is 19.9 Å². The highest BCUT2D eigenvalue weighted by Gasteiger charge is 2.31. The summed E-state index contributed by atoms with van der Waals surface area (Å²) in [4.78, 5) is 4.95. The number of rotatable bonds is 3. The van der Waals surface area contributed by atoms with Gasteiger partial charge in [-0.1, -0.05) is 0 Å². The van der Waals surface area contributed by atoms with Crippen molar-refractivity contribution in [2.75, 3.05) is 31.1 Å². The van der Waals surface area contributed by atoms with E-state index in [4.69, 9.17) is 5.73 Å². The fourth-order valence-corrected chi connectivity index (χ4v) is 3.09. The standard InChI is InChI=1S/C16H24FN3/c1-11-9-16(14(12(2)18)10-15(11)17)20-7-5-19(6-8-20)13-3-4-13/h9-10,12-13H,3-8,18H2,1-2H3/t12-/m1/s1. The second-order valence-corrected chi connectivity index (χ2v) is 6.20. The Morgan fingerprint density at radius 3 is 2.40 bits per heavy atom. The van der Waals surface area contributed by atoms with Crippen LogP contribution in [0.5, 0.6) is 0 Å². The highest BCUT2D eigenvalue weighted by Crippen LogP contribution is 2.32. The van der Waals surface area contributed by atoms with Crippen molar-refractivity contribution in [2.45, 2.75) is 38.8 Å². The van der Waals surface area contributed by atoms with Crippen molar-refractivity contribution in [1.29, 1.82) is 0 Å². The maximum atomic E-state index is 13.8. The first kappa shape index (κ1) is 13.8. The van der Waals surface area contributed by atoms with Crippen LogP contribution < -0.4 is 10.6 Å². The number of piperazine rings is 1. The molecular weight excluding hydrogens is 253 g/mol. The molecule has 1 atom stereocenters. The van der Waals surface area contributed by atoms with Crippen molar-refractivity contribution >= 4 is 5.69 Å². The Kier molecular flexibility index (Phi) is 3.69. The lowest BCUT2D eigenvalue weighted by atomic mass is 10.0. The normalized spacial score (nSPS) is 22.1. The summed E-state index contributed by atoms with van der Waals surface area (Å²) in [6.07, 6.45) is 2.72. The van der Waals surface area contributed by atoms with Crippen LogP contribution in [0.15, 0.2) is 12.1 Å². The van der Waals surface area contributed by atoms with E-state index in [0.29, 0.717) is 5.56 Å². The lowest BCUT2D eigenvalue weighted by molar-refractivity contribution is 0.248. The van der Waals surface area contributed by atoms with Gasteiger partial charge in [0.1, 0.15) is 5.82 Å². The van der Waals surface area contributed by atoms with Gasteiger partial charge < -0.3 is 10.6 Å². The number of benzene rings is 1. The Hall–Kier alpha value is -1.13. The topological polar surface area (TPSA) is 32.5 Å². The highest BCUT2D eigenvalue weighted by atomic mass is 19.1. The lowest BCUT2D eigenvalue weighted by Crippen LogP contribution is -2.47. The summed E-state index contributed by atoms with van der Waals surface area (Å²) in [5.41, 5.74) is 8.77. The molecule has 2 aliphatic rings. The summed E-state index contributed by atoms with van der Waals surface area (Å²) >= 11 is 0. The van der Waals surface area contributed by atoms with Crippen LogP contribution in [-0.4, -0.2) is 37.1 Å². The number of aryl methyl sites for hydroxylation is 1. The summed E-state index contributed by atoms with van der Waals surface area (Å²) in [5, 5.41) is 0. The van der Waals surface area contributed by atoms with Crippen LogP contribution in [0.1, 0.15) is 36.9 Å². The monoisotopic (exact) mass is 277 g/mol. The molecule has 0 amide bonds. The Morgan fingerprint density at radius 1 is 1.20 bits per heavy atom. The van der Waals surface area contributed by atoms with Gasteiger partial charge in [0.05, 0.1) is 0 Å². The largest absolute Gasteiger partial charge is 0.369 e. The molecule has 3 nitrogen and oxygen atoms in total. The number of hydrogen-bond donors (Lipinski definition) is 1. The molecule has 1 saturated heterocycles. The molecule has 4 heteroatoms. The summed E-state index contributed by atoms with van der Waals surface area (Å²) in [6.45, 7) is 8.00. The zero-order chi connectivity index (χ0) is 14.3. The molecule has 2 fully saturated rings. The third-order valence-corrected chi connectivity index (χ3v) is 4.52. The van der Waals surface area contributed by atoms with E-state index < -0.39 is 0 Å². The fourth-order valence-electron chi connectivity index (χ4n) is 3.09. The molecule has 1 aromatic rings. The second kappa shape index (κ2) is 5.34. The second-order valence-electron chi connectivity index (χ2n) is 6.20. The van der Waals surface area contributed by atoms with E-state index in [0.717, 1.165) is 43.5 Å². The predicted octanol–water partition coefficient (Wildman–Crippen LogP) is 2.44. The van der Waals surface area contributed by atoms with Crippen molar-refractivity contribution < 1.29 is 4.39 Å². The third kappa shape index (κ3) is 2.67. The number of hydrogen-bond acceptors (Lipinski definition) is 3. The summed E-state index contributed by atoms with van der Waals surface area (Å²) < 4.78 is 13.8. The van der Waals surface area contributed by atoms with Gasteiger partial charge in [0.25, 0.3) is 0 Å². The number of anilines is 1. The first-order chi connectivity index (χ1) is 9.56. The van der Waals surface area contributed by atoms with Gasteiger partial charge >= 0.3 is 0 Å². The van der Waals surface area contributed by atoms with Gasteiger partial charge in [-0.05, 0) is 49.9 Å². The van der Waals surface area contributed by atoms with Gasteiger partial charge in [-0.15, -0.1) is 0 Å². The molecule has 2 N–H and O–H groups in total. The van der Waals surface area contributed by atoms with Gasteiger partial charge in [0.2, 0.25) is 0 Å². The average Bonchev–Trinajstić information content (AvgIpc) is 3.26. The number of nitrogens with two attached hydrogens (primary N) is 1. The van der Waals surface area contributed by atoms with Crippen LogP contribution in [0.4, 0.5) is 10.1 Å². The summed E-state index contributed by atoms with van der Waals surface area (Å²) in [7, 11) is 0. The molecule has 3 rings (SSSR count). The zero-order valence-electron chi connectivity index (χ0n) is 12.4. The summed E-state index contributed by atoms with van der Waals surface area (Å²) in [5.74, 6) is -0.155. The predicted molar refractivity (Wildman–Crippen MR) is 80.5 cm³/mol. The van der Waals surface area contributed by atoms with Crippen molar-refractivity contribution in [3.05, 3.63) is 29.1 Å². The van der Waals surface area contributed by atoms with E-state index in [1.54, 1.807) is 6.07 Å². The van der Waals surface area contributed by atoms with Gasteiger partial charge in [-0.25, -0.2) is 4.39 Å². The van der Waals surface area contributed by atoms with Crippen molar-refractivity contribution in [1.82, 2.24) is 4.90 Å². The summed E-state index contributed by atoms with van der Waals surface area (Å²) in [6, 6.07) is 4.27. The van der Waals surface area contributed by atoms with Crippen LogP contribution >= 0.6 is 0 Å².